The van der Waals surface area contributed by atoms with E-state index in [9.17, 15) is 10.1 Å². The van der Waals surface area contributed by atoms with Crippen molar-refractivity contribution >= 4 is 5.69 Å². The predicted molar refractivity (Wildman–Crippen MR) is 79.6 cm³/mol. The van der Waals surface area contributed by atoms with E-state index >= 15 is 0 Å². The summed E-state index contributed by atoms with van der Waals surface area (Å²) >= 11 is 0. The second-order valence-corrected chi connectivity index (χ2v) is 5.86. The smallest absolute Gasteiger partial charge is 0.269 e. The zero-order valence-electron chi connectivity index (χ0n) is 12.5. The average Bonchev–Trinajstić information content (AvgIpc) is 2.48. The maximum atomic E-state index is 10.6. The van der Waals surface area contributed by atoms with Crippen LogP contribution in [0.5, 0.6) is 0 Å². The number of non-ortho nitro benzene ring substituents is 1. The number of piperazine rings is 1. The molecule has 6 nitrogen and oxygen atoms in total. The fraction of sp³-hybridized carbons (Fsp3) is 0.533. The van der Waals surface area contributed by atoms with Crippen molar-refractivity contribution in [1.29, 1.82) is 5.26 Å². The van der Waals surface area contributed by atoms with Crippen molar-refractivity contribution in [3.05, 3.63) is 39.9 Å². The molecule has 0 aliphatic carbocycles. The van der Waals surface area contributed by atoms with Crippen molar-refractivity contribution in [2.75, 3.05) is 26.2 Å². The largest absolute Gasteiger partial charge is 0.297 e. The lowest BCUT2D eigenvalue weighted by Crippen LogP contribution is -2.53. The third-order valence-electron chi connectivity index (χ3n) is 3.99. The summed E-state index contributed by atoms with van der Waals surface area (Å²) in [6.07, 6.45) is 0. The Bertz CT molecular complexity index is 540. The fourth-order valence-electron chi connectivity index (χ4n) is 2.52. The molecule has 0 saturated carbocycles. The highest BCUT2D eigenvalue weighted by atomic mass is 16.6. The van der Waals surface area contributed by atoms with Gasteiger partial charge in [0.2, 0.25) is 0 Å². The summed E-state index contributed by atoms with van der Waals surface area (Å²) in [6.45, 7) is 8.22. The van der Waals surface area contributed by atoms with E-state index in [0.717, 1.165) is 38.3 Å². The normalized spacial score (nSPS) is 17.4. The Morgan fingerprint density at radius 2 is 1.81 bits per heavy atom. The number of nitrogens with zero attached hydrogens (tertiary/aromatic N) is 4. The van der Waals surface area contributed by atoms with E-state index in [0.29, 0.717) is 0 Å². The van der Waals surface area contributed by atoms with Gasteiger partial charge >= 0.3 is 0 Å². The predicted octanol–water partition coefficient (Wildman–Crippen LogP) is 2.01. The van der Waals surface area contributed by atoms with Crippen molar-refractivity contribution in [3.63, 3.8) is 0 Å². The van der Waals surface area contributed by atoms with Crippen molar-refractivity contribution in [2.45, 2.75) is 25.9 Å². The molecular formula is C15H20N4O2. The Hall–Kier alpha value is -1.97. The van der Waals surface area contributed by atoms with Crippen LogP contribution >= 0.6 is 0 Å². The van der Waals surface area contributed by atoms with Gasteiger partial charge in [-0.2, -0.15) is 5.26 Å². The SMILES string of the molecule is CC(C)(C#N)N1CCN(Cc2ccc([N+](=O)[O-])cc2)CC1. The molecule has 1 fully saturated rings. The number of nitriles is 1. The minimum atomic E-state index is -0.417. The van der Waals surface area contributed by atoms with Gasteiger partial charge in [0.25, 0.3) is 5.69 Å². The molecule has 1 aromatic carbocycles. The van der Waals surface area contributed by atoms with E-state index in [-0.39, 0.29) is 10.6 Å². The molecule has 21 heavy (non-hydrogen) atoms. The molecule has 0 aromatic heterocycles. The maximum Gasteiger partial charge on any atom is 0.269 e. The quantitative estimate of drug-likeness (QED) is 0.626. The molecule has 0 radical (unpaired) electrons. The first-order valence-electron chi connectivity index (χ1n) is 7.04. The fourth-order valence-corrected chi connectivity index (χ4v) is 2.52. The van der Waals surface area contributed by atoms with Crippen molar-refractivity contribution in [1.82, 2.24) is 9.80 Å². The van der Waals surface area contributed by atoms with Crippen LogP contribution < -0.4 is 0 Å². The van der Waals surface area contributed by atoms with Crippen molar-refractivity contribution in [2.24, 2.45) is 0 Å². The highest BCUT2D eigenvalue weighted by Crippen LogP contribution is 2.18. The Morgan fingerprint density at radius 1 is 1.24 bits per heavy atom. The molecule has 1 saturated heterocycles. The lowest BCUT2D eigenvalue weighted by atomic mass is 10.0. The molecule has 0 N–H and O–H groups in total. The molecule has 1 heterocycles. The summed E-state index contributed by atoms with van der Waals surface area (Å²) in [5.74, 6) is 0. The van der Waals surface area contributed by atoms with Crippen LogP contribution in [-0.4, -0.2) is 46.4 Å². The minimum absolute atomic E-state index is 0.124. The van der Waals surface area contributed by atoms with Gasteiger partial charge in [-0.3, -0.25) is 19.9 Å². The Morgan fingerprint density at radius 3 is 2.29 bits per heavy atom. The Kier molecular flexibility index (Phi) is 4.56. The van der Waals surface area contributed by atoms with Gasteiger partial charge in [-0.1, -0.05) is 12.1 Å². The maximum absolute atomic E-state index is 10.6. The molecular weight excluding hydrogens is 268 g/mol. The van der Waals surface area contributed by atoms with Gasteiger partial charge in [-0.15, -0.1) is 0 Å². The number of rotatable bonds is 4. The second-order valence-electron chi connectivity index (χ2n) is 5.86. The second kappa shape index (κ2) is 6.20. The number of nitro benzene ring substituents is 1. The van der Waals surface area contributed by atoms with Crippen LogP contribution in [0.2, 0.25) is 0 Å². The van der Waals surface area contributed by atoms with Gasteiger partial charge in [-0.25, -0.2) is 0 Å². The molecule has 112 valence electrons. The molecule has 0 atom stereocenters. The van der Waals surface area contributed by atoms with Gasteiger partial charge in [0.1, 0.15) is 5.54 Å². The van der Waals surface area contributed by atoms with Crippen LogP contribution in [-0.2, 0) is 6.54 Å². The van der Waals surface area contributed by atoms with Crippen LogP contribution in [0, 0.1) is 21.4 Å². The topological polar surface area (TPSA) is 73.4 Å². The molecule has 0 spiro atoms. The van der Waals surface area contributed by atoms with E-state index in [1.165, 1.54) is 0 Å². The standard InChI is InChI=1S/C15H20N4O2/c1-15(2,12-16)18-9-7-17(8-10-18)11-13-3-5-14(6-4-13)19(20)21/h3-6H,7-11H2,1-2H3. The number of hydrogen-bond donors (Lipinski definition) is 0. The molecule has 6 heteroatoms. The zero-order chi connectivity index (χ0) is 15.5. The lowest BCUT2D eigenvalue weighted by Gasteiger charge is -2.40. The number of hydrogen-bond acceptors (Lipinski definition) is 5. The summed E-state index contributed by atoms with van der Waals surface area (Å²) in [4.78, 5) is 14.7. The molecule has 0 amide bonds. The van der Waals surface area contributed by atoms with Crippen molar-refractivity contribution < 1.29 is 4.92 Å². The first-order valence-corrected chi connectivity index (χ1v) is 7.04. The highest BCUT2D eigenvalue weighted by molar-refractivity contribution is 5.32. The lowest BCUT2D eigenvalue weighted by molar-refractivity contribution is -0.384. The first-order chi connectivity index (χ1) is 9.92. The monoisotopic (exact) mass is 288 g/mol. The van der Waals surface area contributed by atoms with E-state index in [2.05, 4.69) is 15.9 Å². The summed E-state index contributed by atoms with van der Waals surface area (Å²) in [5.41, 5.74) is 0.785. The van der Waals surface area contributed by atoms with Crippen LogP contribution in [0.1, 0.15) is 19.4 Å². The first kappa shape index (κ1) is 15.4. The molecule has 1 aliphatic rings. The van der Waals surface area contributed by atoms with Crippen LogP contribution in [0.25, 0.3) is 0 Å². The highest BCUT2D eigenvalue weighted by Gasteiger charge is 2.29. The molecule has 1 aromatic rings. The summed E-state index contributed by atoms with van der Waals surface area (Å²) in [7, 11) is 0. The number of benzene rings is 1. The minimum Gasteiger partial charge on any atom is -0.297 e. The van der Waals surface area contributed by atoms with Gasteiger partial charge in [0.05, 0.1) is 11.0 Å². The summed E-state index contributed by atoms with van der Waals surface area (Å²) < 4.78 is 0. The van der Waals surface area contributed by atoms with Crippen LogP contribution in [0.3, 0.4) is 0 Å². The van der Waals surface area contributed by atoms with Crippen molar-refractivity contribution in [3.8, 4) is 6.07 Å². The molecule has 2 rings (SSSR count). The third kappa shape index (κ3) is 3.78. The Balaban J connectivity index is 1.89. The van der Waals surface area contributed by atoms with E-state index in [4.69, 9.17) is 5.26 Å². The molecule has 0 unspecified atom stereocenters. The molecule has 1 aliphatic heterocycles. The van der Waals surface area contributed by atoms with E-state index in [1.54, 1.807) is 12.1 Å². The van der Waals surface area contributed by atoms with E-state index < -0.39 is 5.54 Å². The van der Waals surface area contributed by atoms with Gasteiger partial charge in [-0.05, 0) is 19.4 Å². The Labute approximate surface area is 124 Å². The van der Waals surface area contributed by atoms with Crippen LogP contribution in [0.15, 0.2) is 24.3 Å². The van der Waals surface area contributed by atoms with Gasteiger partial charge in [0.15, 0.2) is 0 Å². The van der Waals surface area contributed by atoms with Gasteiger partial charge < -0.3 is 0 Å². The third-order valence-corrected chi connectivity index (χ3v) is 3.99. The zero-order valence-corrected chi connectivity index (χ0v) is 12.5. The summed E-state index contributed by atoms with van der Waals surface area (Å²) in [6, 6.07) is 9.05. The van der Waals surface area contributed by atoms with Gasteiger partial charge in [0, 0.05) is 44.9 Å². The number of nitro groups is 1. The van der Waals surface area contributed by atoms with E-state index in [1.807, 2.05) is 26.0 Å². The molecule has 0 bridgehead atoms. The average molecular weight is 288 g/mol. The van der Waals surface area contributed by atoms with Crippen LogP contribution in [0.4, 0.5) is 5.69 Å². The summed E-state index contributed by atoms with van der Waals surface area (Å²) in [5, 5.41) is 19.8.